The molecule has 1 atom stereocenters. The second kappa shape index (κ2) is 9.01. The Labute approximate surface area is 182 Å². The highest BCUT2D eigenvalue weighted by molar-refractivity contribution is 8.00. The molecule has 10 heteroatoms. The van der Waals surface area contributed by atoms with E-state index in [0.29, 0.717) is 17.4 Å². The van der Waals surface area contributed by atoms with E-state index >= 15 is 0 Å². The molecule has 0 aliphatic carbocycles. The maximum atomic E-state index is 13.9. The molecule has 1 amide bonds. The zero-order valence-electron chi connectivity index (χ0n) is 18.0. The van der Waals surface area contributed by atoms with Crippen molar-refractivity contribution in [1.82, 2.24) is 19.1 Å². The van der Waals surface area contributed by atoms with Crippen LogP contribution in [0.15, 0.2) is 38.9 Å². The van der Waals surface area contributed by atoms with Crippen molar-refractivity contribution in [2.45, 2.75) is 44.5 Å². The average molecular weight is 446 g/mol. The lowest BCUT2D eigenvalue weighted by Crippen LogP contribution is -2.39. The topological polar surface area (TPSA) is 98.9 Å². The molecular weight excluding hydrogens is 421 g/mol. The highest BCUT2D eigenvalue weighted by atomic mass is 32.2. The molecule has 0 aliphatic rings. The van der Waals surface area contributed by atoms with Crippen LogP contribution in [0, 0.1) is 18.7 Å². The van der Waals surface area contributed by atoms with Gasteiger partial charge in [0.1, 0.15) is 22.1 Å². The van der Waals surface area contributed by atoms with Crippen LogP contribution < -0.4 is 16.6 Å². The Morgan fingerprint density at radius 3 is 2.52 bits per heavy atom. The van der Waals surface area contributed by atoms with Crippen molar-refractivity contribution in [3.63, 3.8) is 0 Å². The Morgan fingerprint density at radius 1 is 1.19 bits per heavy atom. The smallest absolute Gasteiger partial charge is 0.323 e. The van der Waals surface area contributed by atoms with Crippen molar-refractivity contribution in [1.29, 1.82) is 0 Å². The van der Waals surface area contributed by atoms with Gasteiger partial charge in [0.05, 0.1) is 10.9 Å². The fourth-order valence-corrected chi connectivity index (χ4v) is 4.06. The van der Waals surface area contributed by atoms with Crippen LogP contribution in [0.25, 0.3) is 11.0 Å². The first-order chi connectivity index (χ1) is 14.6. The third kappa shape index (κ3) is 4.68. The molecule has 0 fully saturated rings. The van der Waals surface area contributed by atoms with Gasteiger partial charge in [0, 0.05) is 13.6 Å². The summed E-state index contributed by atoms with van der Waals surface area (Å²) in [5.74, 6) is -0.452. The number of hydrogen-bond donors (Lipinski definition) is 1. The van der Waals surface area contributed by atoms with E-state index in [9.17, 15) is 18.8 Å². The number of nitrogens with zero attached hydrogens (tertiary/aromatic N) is 4. The van der Waals surface area contributed by atoms with E-state index in [1.807, 2.05) is 13.8 Å². The van der Waals surface area contributed by atoms with E-state index in [2.05, 4.69) is 15.3 Å². The number of amides is 1. The van der Waals surface area contributed by atoms with E-state index in [1.54, 1.807) is 19.9 Å². The number of nitrogens with one attached hydrogen (secondary N) is 1. The zero-order valence-corrected chi connectivity index (χ0v) is 18.8. The van der Waals surface area contributed by atoms with Gasteiger partial charge in [-0.05, 0) is 31.9 Å². The second-order valence-electron chi connectivity index (χ2n) is 7.65. The SMILES string of the molecule is Cc1nc(SC(C)C(=O)Nc2ccccc2F)c2c(=O)n(C)c(=O)n(CC(C)C)c2n1. The van der Waals surface area contributed by atoms with Crippen molar-refractivity contribution in [3.8, 4) is 0 Å². The number of thioether (sulfide) groups is 1. The van der Waals surface area contributed by atoms with Crippen LogP contribution in [-0.4, -0.2) is 30.3 Å². The number of anilines is 1. The minimum Gasteiger partial charge on any atom is -0.323 e. The highest BCUT2D eigenvalue weighted by Crippen LogP contribution is 2.27. The largest absolute Gasteiger partial charge is 0.332 e. The fraction of sp³-hybridized carbons (Fsp3) is 0.381. The van der Waals surface area contributed by atoms with Gasteiger partial charge in [0.25, 0.3) is 5.56 Å². The maximum absolute atomic E-state index is 13.9. The van der Waals surface area contributed by atoms with Crippen LogP contribution in [0.5, 0.6) is 0 Å². The first-order valence-corrected chi connectivity index (χ1v) is 10.7. The number of carbonyl (C=O) groups is 1. The molecule has 164 valence electrons. The zero-order chi connectivity index (χ0) is 22.9. The minimum absolute atomic E-state index is 0.0744. The lowest BCUT2D eigenvalue weighted by molar-refractivity contribution is -0.115. The molecule has 3 rings (SSSR count). The summed E-state index contributed by atoms with van der Waals surface area (Å²) in [5.41, 5.74) is -0.654. The number of aromatic nitrogens is 4. The summed E-state index contributed by atoms with van der Waals surface area (Å²) >= 11 is 1.06. The first-order valence-electron chi connectivity index (χ1n) is 9.80. The van der Waals surface area contributed by atoms with Crippen LogP contribution in [0.3, 0.4) is 0 Å². The van der Waals surface area contributed by atoms with Crippen LogP contribution in [0.4, 0.5) is 10.1 Å². The molecule has 1 unspecified atom stereocenters. The summed E-state index contributed by atoms with van der Waals surface area (Å²) in [6, 6.07) is 5.88. The summed E-state index contributed by atoms with van der Waals surface area (Å²) in [7, 11) is 1.41. The molecule has 0 saturated heterocycles. The van der Waals surface area contributed by atoms with Gasteiger partial charge in [-0.2, -0.15) is 0 Å². The predicted octanol–water partition coefficient (Wildman–Crippen LogP) is 2.71. The molecule has 31 heavy (non-hydrogen) atoms. The Morgan fingerprint density at radius 2 is 1.87 bits per heavy atom. The fourth-order valence-electron chi connectivity index (χ4n) is 3.07. The van der Waals surface area contributed by atoms with E-state index in [1.165, 1.54) is 29.8 Å². The third-order valence-corrected chi connectivity index (χ3v) is 5.68. The quantitative estimate of drug-likeness (QED) is 0.463. The predicted molar refractivity (Wildman–Crippen MR) is 119 cm³/mol. The van der Waals surface area contributed by atoms with Crippen molar-refractivity contribution < 1.29 is 9.18 Å². The van der Waals surface area contributed by atoms with Crippen molar-refractivity contribution in [2.24, 2.45) is 13.0 Å². The monoisotopic (exact) mass is 445 g/mol. The Hall–Kier alpha value is -3.01. The molecule has 0 aliphatic heterocycles. The van der Waals surface area contributed by atoms with Crippen LogP contribution in [0.2, 0.25) is 0 Å². The van der Waals surface area contributed by atoms with E-state index in [-0.39, 0.29) is 22.6 Å². The second-order valence-corrected chi connectivity index (χ2v) is 8.98. The van der Waals surface area contributed by atoms with Crippen molar-refractivity contribution >= 4 is 34.4 Å². The summed E-state index contributed by atoms with van der Waals surface area (Å²) < 4.78 is 16.4. The van der Waals surface area contributed by atoms with Crippen LogP contribution >= 0.6 is 11.8 Å². The van der Waals surface area contributed by atoms with Crippen LogP contribution in [-0.2, 0) is 18.4 Å². The highest BCUT2D eigenvalue weighted by Gasteiger charge is 2.23. The number of carbonyl (C=O) groups excluding carboxylic acids is 1. The number of para-hydroxylation sites is 1. The number of aryl methyl sites for hydroxylation is 1. The van der Waals surface area contributed by atoms with E-state index < -0.39 is 28.2 Å². The minimum atomic E-state index is -0.688. The third-order valence-electron chi connectivity index (χ3n) is 4.60. The standard InChI is InChI=1S/C21H24FN5O3S/c1-11(2)10-27-17-16(20(29)26(5)21(27)30)19(24-13(4)23-17)31-12(3)18(28)25-15-9-7-6-8-14(15)22/h6-9,11-12H,10H2,1-5H3,(H,25,28). The molecule has 3 aromatic rings. The Balaban J connectivity index is 2.05. The summed E-state index contributed by atoms with van der Waals surface area (Å²) in [6.45, 7) is 7.60. The summed E-state index contributed by atoms with van der Waals surface area (Å²) in [5, 5.41) is 2.35. The van der Waals surface area contributed by atoms with Gasteiger partial charge < -0.3 is 5.32 Å². The van der Waals surface area contributed by atoms with Gasteiger partial charge in [-0.3, -0.25) is 18.7 Å². The lowest BCUT2D eigenvalue weighted by Gasteiger charge is -2.16. The number of hydrogen-bond acceptors (Lipinski definition) is 6. The summed E-state index contributed by atoms with van der Waals surface area (Å²) in [6.07, 6.45) is 0. The normalized spacial score (nSPS) is 12.4. The molecule has 0 radical (unpaired) electrons. The van der Waals surface area contributed by atoms with E-state index in [4.69, 9.17) is 0 Å². The molecule has 0 saturated carbocycles. The molecule has 2 aromatic heterocycles. The number of benzene rings is 1. The van der Waals surface area contributed by atoms with Crippen LogP contribution in [0.1, 0.15) is 26.6 Å². The van der Waals surface area contributed by atoms with Gasteiger partial charge in [-0.1, -0.05) is 37.7 Å². The summed E-state index contributed by atoms with van der Waals surface area (Å²) in [4.78, 5) is 47.0. The molecule has 2 heterocycles. The van der Waals surface area contributed by atoms with Gasteiger partial charge in [0.15, 0.2) is 5.65 Å². The Bertz CT molecular complexity index is 1270. The van der Waals surface area contributed by atoms with Crippen molar-refractivity contribution in [3.05, 3.63) is 56.7 Å². The van der Waals surface area contributed by atoms with Gasteiger partial charge in [-0.25, -0.2) is 19.2 Å². The van der Waals surface area contributed by atoms with Crippen molar-refractivity contribution in [2.75, 3.05) is 5.32 Å². The first kappa shape index (κ1) is 22.7. The number of fused-ring (bicyclic) bond motifs is 1. The van der Waals surface area contributed by atoms with Gasteiger partial charge in [0.2, 0.25) is 5.91 Å². The lowest BCUT2D eigenvalue weighted by atomic mass is 10.2. The van der Waals surface area contributed by atoms with E-state index in [0.717, 1.165) is 16.3 Å². The Kier molecular flexibility index (Phi) is 6.59. The molecule has 1 N–H and O–H groups in total. The maximum Gasteiger partial charge on any atom is 0.332 e. The average Bonchev–Trinajstić information content (AvgIpc) is 2.70. The number of halogens is 1. The molecule has 8 nitrogen and oxygen atoms in total. The van der Waals surface area contributed by atoms with Gasteiger partial charge in [-0.15, -0.1) is 0 Å². The molecule has 0 bridgehead atoms. The van der Waals surface area contributed by atoms with Gasteiger partial charge >= 0.3 is 5.69 Å². The molecule has 1 aromatic carbocycles. The molecule has 0 spiro atoms. The molecular formula is C21H24FN5O3S. The number of rotatable bonds is 6.